The number of methoxy groups -OCH3 is 3. The van der Waals surface area contributed by atoms with Gasteiger partial charge in [0.2, 0.25) is 5.75 Å². The molecule has 0 aliphatic rings. The van der Waals surface area contributed by atoms with E-state index in [0.717, 1.165) is 21.3 Å². The zero-order valence-electron chi connectivity index (χ0n) is 18.7. The van der Waals surface area contributed by atoms with Crippen molar-refractivity contribution in [1.29, 1.82) is 0 Å². The second-order valence-corrected chi connectivity index (χ2v) is 8.71. The van der Waals surface area contributed by atoms with E-state index < -0.39 is 0 Å². The highest BCUT2D eigenvalue weighted by molar-refractivity contribution is 7.23. The summed E-state index contributed by atoms with van der Waals surface area (Å²) in [6.45, 7) is 2.32. The fourth-order valence-electron chi connectivity index (χ4n) is 3.56. The molecule has 0 saturated carbocycles. The summed E-state index contributed by atoms with van der Waals surface area (Å²) in [5.41, 5.74) is 3.15. The lowest BCUT2D eigenvalue weighted by Gasteiger charge is -2.21. The average molecular weight is 483 g/mol. The predicted octanol–water partition coefficient (Wildman–Crippen LogP) is 6.13. The Balaban J connectivity index is 1.85. The molecule has 170 valence electrons. The largest absolute Gasteiger partial charge is 0.493 e. The van der Waals surface area contributed by atoms with Gasteiger partial charge < -0.3 is 14.2 Å². The number of rotatable bonds is 7. The minimum Gasteiger partial charge on any atom is -0.493 e. The molecule has 0 saturated heterocycles. The standard InChI is InChI=1S/C25H23ClN2O4S/c1-15-10-11-18(26)23-21(15)27-25(33-23)28(14-16-8-6-5-7-9-16)24(29)17-12-19(30-2)22(32-4)20(13-17)31-3/h5-13H,14H2,1-4H3. The third-order valence-electron chi connectivity index (χ3n) is 5.26. The molecule has 1 aromatic heterocycles. The molecule has 33 heavy (non-hydrogen) atoms. The maximum absolute atomic E-state index is 13.8. The van der Waals surface area contributed by atoms with Gasteiger partial charge in [-0.25, -0.2) is 4.98 Å². The first-order valence-electron chi connectivity index (χ1n) is 10.2. The van der Waals surface area contributed by atoms with Crippen LogP contribution in [0.15, 0.2) is 54.6 Å². The van der Waals surface area contributed by atoms with Crippen molar-refractivity contribution in [1.82, 2.24) is 4.98 Å². The SMILES string of the molecule is COc1cc(C(=O)N(Cc2ccccc2)c2nc3c(C)ccc(Cl)c3s2)cc(OC)c1OC. The molecule has 1 heterocycles. The molecular formula is C25H23ClN2O4S. The van der Waals surface area contributed by atoms with Crippen LogP contribution in [0.2, 0.25) is 5.02 Å². The molecule has 3 aromatic carbocycles. The van der Waals surface area contributed by atoms with E-state index in [1.807, 2.05) is 49.4 Å². The normalized spacial score (nSPS) is 10.8. The fourth-order valence-corrected chi connectivity index (χ4v) is 4.87. The highest BCUT2D eigenvalue weighted by Crippen LogP contribution is 2.40. The van der Waals surface area contributed by atoms with Crippen molar-refractivity contribution in [3.05, 3.63) is 76.3 Å². The number of aryl methyl sites for hydroxylation is 1. The molecule has 0 N–H and O–H groups in total. The van der Waals surface area contributed by atoms with Gasteiger partial charge in [-0.1, -0.05) is 59.3 Å². The summed E-state index contributed by atoms with van der Waals surface area (Å²) in [6, 6.07) is 16.8. The number of anilines is 1. The van der Waals surface area contributed by atoms with Crippen molar-refractivity contribution in [3.63, 3.8) is 0 Å². The Morgan fingerprint density at radius 3 is 2.24 bits per heavy atom. The van der Waals surface area contributed by atoms with Gasteiger partial charge in [-0.05, 0) is 36.2 Å². The molecule has 0 bridgehead atoms. The number of hydrogen-bond donors (Lipinski definition) is 0. The number of aromatic nitrogens is 1. The summed E-state index contributed by atoms with van der Waals surface area (Å²) < 4.78 is 17.1. The summed E-state index contributed by atoms with van der Waals surface area (Å²) in [7, 11) is 4.56. The monoisotopic (exact) mass is 482 g/mol. The Labute approximate surface area is 201 Å². The van der Waals surface area contributed by atoms with Crippen molar-refractivity contribution in [2.45, 2.75) is 13.5 Å². The van der Waals surface area contributed by atoms with Crippen LogP contribution in [0.1, 0.15) is 21.5 Å². The number of ether oxygens (including phenoxy) is 3. The summed E-state index contributed by atoms with van der Waals surface area (Å²) >= 11 is 7.83. The quantitative estimate of drug-likeness (QED) is 0.317. The minimum absolute atomic E-state index is 0.245. The van der Waals surface area contributed by atoms with Gasteiger partial charge in [0, 0.05) is 5.56 Å². The number of thiazole rings is 1. The van der Waals surface area contributed by atoms with E-state index in [0.29, 0.717) is 39.5 Å². The molecule has 0 aliphatic heterocycles. The Morgan fingerprint density at radius 2 is 1.67 bits per heavy atom. The number of fused-ring (bicyclic) bond motifs is 1. The molecule has 0 spiro atoms. The first-order chi connectivity index (χ1) is 16.0. The van der Waals surface area contributed by atoms with E-state index in [1.54, 1.807) is 17.0 Å². The number of benzene rings is 3. The van der Waals surface area contributed by atoms with Crippen molar-refractivity contribution in [3.8, 4) is 17.2 Å². The van der Waals surface area contributed by atoms with Gasteiger partial charge in [0.25, 0.3) is 5.91 Å². The summed E-state index contributed by atoms with van der Waals surface area (Å²) in [5, 5.41) is 1.17. The molecule has 4 rings (SSSR count). The second-order valence-electron chi connectivity index (χ2n) is 7.33. The van der Waals surface area contributed by atoms with Gasteiger partial charge in [-0.2, -0.15) is 0 Å². The Morgan fingerprint density at radius 1 is 1.00 bits per heavy atom. The van der Waals surface area contributed by atoms with Crippen LogP contribution >= 0.6 is 22.9 Å². The van der Waals surface area contributed by atoms with Gasteiger partial charge >= 0.3 is 0 Å². The van der Waals surface area contributed by atoms with Crippen LogP contribution in [0.3, 0.4) is 0 Å². The molecule has 0 atom stereocenters. The van der Waals surface area contributed by atoms with E-state index in [1.165, 1.54) is 32.7 Å². The number of halogens is 1. The summed E-state index contributed by atoms with van der Waals surface area (Å²) in [4.78, 5) is 20.3. The minimum atomic E-state index is -0.245. The zero-order chi connectivity index (χ0) is 23.5. The van der Waals surface area contributed by atoms with Gasteiger partial charge in [-0.3, -0.25) is 9.69 Å². The van der Waals surface area contributed by atoms with Crippen molar-refractivity contribution in [2.75, 3.05) is 26.2 Å². The highest BCUT2D eigenvalue weighted by atomic mass is 35.5. The van der Waals surface area contributed by atoms with Crippen LogP contribution in [0, 0.1) is 6.92 Å². The molecule has 4 aromatic rings. The molecule has 0 fully saturated rings. The average Bonchev–Trinajstić information content (AvgIpc) is 3.30. The molecule has 1 amide bonds. The fraction of sp³-hybridized carbons (Fsp3) is 0.200. The number of carbonyl (C=O) groups is 1. The smallest absolute Gasteiger partial charge is 0.260 e. The van der Waals surface area contributed by atoms with Crippen LogP contribution in [-0.2, 0) is 6.54 Å². The summed E-state index contributed by atoms with van der Waals surface area (Å²) in [6.07, 6.45) is 0. The van der Waals surface area contributed by atoms with Crippen LogP contribution in [0.25, 0.3) is 10.2 Å². The first kappa shape index (κ1) is 22.9. The van der Waals surface area contributed by atoms with Crippen molar-refractivity contribution in [2.24, 2.45) is 0 Å². The topological polar surface area (TPSA) is 60.9 Å². The van der Waals surface area contributed by atoms with E-state index >= 15 is 0 Å². The first-order valence-corrected chi connectivity index (χ1v) is 11.4. The Bertz CT molecular complexity index is 1240. The van der Waals surface area contributed by atoms with Crippen LogP contribution in [0.4, 0.5) is 5.13 Å². The lowest BCUT2D eigenvalue weighted by Crippen LogP contribution is -2.30. The van der Waals surface area contributed by atoms with E-state index in [-0.39, 0.29) is 5.91 Å². The van der Waals surface area contributed by atoms with E-state index in [9.17, 15) is 4.79 Å². The Hall–Kier alpha value is -3.29. The summed E-state index contributed by atoms with van der Waals surface area (Å²) in [5.74, 6) is 0.991. The van der Waals surface area contributed by atoms with Gasteiger partial charge in [-0.15, -0.1) is 0 Å². The van der Waals surface area contributed by atoms with Crippen molar-refractivity contribution < 1.29 is 19.0 Å². The lowest BCUT2D eigenvalue weighted by atomic mass is 10.1. The number of hydrogen-bond acceptors (Lipinski definition) is 6. The molecule has 0 aliphatic carbocycles. The maximum Gasteiger partial charge on any atom is 0.260 e. The molecule has 0 radical (unpaired) electrons. The molecule has 0 unspecified atom stereocenters. The maximum atomic E-state index is 13.8. The van der Waals surface area contributed by atoms with Gasteiger partial charge in [0.05, 0.1) is 43.1 Å². The molecule has 8 heteroatoms. The third kappa shape index (κ3) is 4.47. The number of carbonyl (C=O) groups excluding carboxylic acids is 1. The number of amides is 1. The predicted molar refractivity (Wildman–Crippen MR) is 132 cm³/mol. The van der Waals surface area contributed by atoms with E-state index in [2.05, 4.69) is 0 Å². The van der Waals surface area contributed by atoms with E-state index in [4.69, 9.17) is 30.8 Å². The van der Waals surface area contributed by atoms with Crippen LogP contribution in [0.5, 0.6) is 17.2 Å². The number of nitrogens with zero attached hydrogens (tertiary/aromatic N) is 2. The van der Waals surface area contributed by atoms with Gasteiger partial charge in [0.15, 0.2) is 16.6 Å². The molecular weight excluding hydrogens is 460 g/mol. The van der Waals surface area contributed by atoms with Crippen molar-refractivity contribution >= 4 is 44.2 Å². The third-order valence-corrected chi connectivity index (χ3v) is 6.80. The molecule has 6 nitrogen and oxygen atoms in total. The lowest BCUT2D eigenvalue weighted by molar-refractivity contribution is 0.0984. The Kier molecular flexibility index (Phi) is 6.72. The van der Waals surface area contributed by atoms with Crippen LogP contribution in [-0.4, -0.2) is 32.2 Å². The highest BCUT2D eigenvalue weighted by Gasteiger charge is 2.25. The van der Waals surface area contributed by atoms with Gasteiger partial charge in [0.1, 0.15) is 0 Å². The zero-order valence-corrected chi connectivity index (χ0v) is 20.3. The second kappa shape index (κ2) is 9.68. The van der Waals surface area contributed by atoms with Crippen LogP contribution < -0.4 is 19.1 Å².